The molecule has 2 heterocycles. The Morgan fingerprint density at radius 1 is 1.31 bits per heavy atom. The third-order valence-corrected chi connectivity index (χ3v) is 4.95. The summed E-state index contributed by atoms with van der Waals surface area (Å²) in [6, 6.07) is 3.92. The van der Waals surface area contributed by atoms with E-state index in [1.165, 1.54) is 0 Å². The van der Waals surface area contributed by atoms with Crippen LogP contribution < -0.4 is 5.32 Å². The first-order valence-electron chi connectivity index (χ1n) is 9.64. The highest BCUT2D eigenvalue weighted by atomic mass is 16.7. The number of aryl methyl sites for hydroxylation is 1. The van der Waals surface area contributed by atoms with Gasteiger partial charge in [0.2, 0.25) is 0 Å². The summed E-state index contributed by atoms with van der Waals surface area (Å²) < 4.78 is 17.6. The predicted octanol–water partition coefficient (Wildman–Crippen LogP) is 3.80. The average molecular weight is 399 g/mol. The van der Waals surface area contributed by atoms with Crippen molar-refractivity contribution in [1.82, 2.24) is 10.3 Å². The van der Waals surface area contributed by atoms with Crippen molar-refractivity contribution in [2.45, 2.75) is 72.2 Å². The van der Waals surface area contributed by atoms with E-state index in [1.807, 2.05) is 67.5 Å². The lowest BCUT2D eigenvalue weighted by Crippen LogP contribution is -2.41. The second kappa shape index (κ2) is 8.17. The molecule has 0 unspecified atom stereocenters. The first kappa shape index (κ1) is 22.9. The highest BCUT2D eigenvalue weighted by Gasteiger charge is 2.52. The number of nitrogens with zero attached hydrogens (tertiary/aromatic N) is 2. The number of amides is 1. The highest BCUT2D eigenvalue weighted by Crippen LogP contribution is 2.38. The van der Waals surface area contributed by atoms with Gasteiger partial charge in [-0.25, -0.2) is 9.78 Å². The van der Waals surface area contributed by atoms with Gasteiger partial charge in [0, 0.05) is 12.7 Å². The Labute approximate surface area is 173 Å². The number of nitrogens with one attached hydrogen (secondary N) is 1. The molecular weight excluding hydrogens is 369 g/mol. The maximum absolute atomic E-state index is 12.1. The van der Waals surface area contributed by atoms with Gasteiger partial charge in [0.15, 0.2) is 0 Å². The van der Waals surface area contributed by atoms with Crippen molar-refractivity contribution < 1.29 is 18.8 Å². The lowest BCUT2D eigenvalue weighted by atomic mass is 9.77. The fraction of sp³-hybridized carbons (Fsp3) is 0.571. The normalized spacial score (nSPS) is 18.3. The third kappa shape index (κ3) is 5.81. The summed E-state index contributed by atoms with van der Waals surface area (Å²) in [7, 11) is -0.633. The topological polar surface area (TPSA) is 93.5 Å². The minimum Gasteiger partial charge on any atom is -0.444 e. The van der Waals surface area contributed by atoms with Crippen LogP contribution in [0.1, 0.15) is 65.3 Å². The van der Waals surface area contributed by atoms with Gasteiger partial charge in [-0.1, -0.05) is 6.08 Å². The number of nitriles is 1. The number of hydrogen-bond acceptors (Lipinski definition) is 6. The van der Waals surface area contributed by atoms with Crippen LogP contribution in [0.2, 0.25) is 0 Å². The monoisotopic (exact) mass is 399 g/mol. The molecule has 0 saturated carbocycles. The Bertz CT molecular complexity index is 834. The molecule has 1 aromatic heterocycles. The Morgan fingerprint density at radius 3 is 2.38 bits per heavy atom. The van der Waals surface area contributed by atoms with Gasteiger partial charge in [0.25, 0.3) is 0 Å². The number of alkyl carbamates (subject to hydrolysis) is 1. The molecule has 0 aliphatic carbocycles. The molecule has 0 spiro atoms. The zero-order chi connectivity index (χ0) is 22.0. The van der Waals surface area contributed by atoms with Crippen LogP contribution in [0.25, 0.3) is 6.08 Å². The summed E-state index contributed by atoms with van der Waals surface area (Å²) in [6.07, 6.45) is 2.96. The summed E-state index contributed by atoms with van der Waals surface area (Å²) in [5, 5.41) is 11.9. The van der Waals surface area contributed by atoms with Crippen molar-refractivity contribution in [2.75, 3.05) is 6.54 Å². The maximum atomic E-state index is 12.1. The van der Waals surface area contributed by atoms with Crippen molar-refractivity contribution >= 4 is 19.3 Å². The minimum absolute atomic E-state index is 0.185. The molecule has 156 valence electrons. The van der Waals surface area contributed by atoms with Crippen LogP contribution in [0.5, 0.6) is 0 Å². The van der Waals surface area contributed by atoms with Crippen molar-refractivity contribution in [1.29, 1.82) is 5.26 Å². The number of carbonyl (C=O) groups excluding carboxylic acids is 1. The minimum atomic E-state index is -0.633. The zero-order valence-electron chi connectivity index (χ0n) is 18.5. The summed E-state index contributed by atoms with van der Waals surface area (Å²) in [5.74, 6) is 0. The molecular formula is C21H30BN3O4. The van der Waals surface area contributed by atoms with Gasteiger partial charge in [-0.3, -0.25) is 0 Å². The van der Waals surface area contributed by atoms with Crippen LogP contribution in [-0.2, 0) is 14.0 Å². The van der Waals surface area contributed by atoms with Gasteiger partial charge in [-0.05, 0) is 78.1 Å². The average Bonchev–Trinajstić information content (AvgIpc) is 2.77. The fourth-order valence-corrected chi connectivity index (χ4v) is 2.69. The van der Waals surface area contributed by atoms with E-state index >= 15 is 0 Å². The van der Waals surface area contributed by atoms with Crippen molar-refractivity contribution in [2.24, 2.45) is 0 Å². The molecule has 1 fully saturated rings. The molecule has 1 aromatic rings. The van der Waals surface area contributed by atoms with Crippen molar-refractivity contribution in [3.63, 3.8) is 0 Å². The highest BCUT2D eigenvalue weighted by molar-refractivity contribution is 6.56. The Balaban J connectivity index is 2.30. The van der Waals surface area contributed by atoms with E-state index in [-0.39, 0.29) is 6.54 Å². The molecule has 0 atom stereocenters. The van der Waals surface area contributed by atoms with Gasteiger partial charge in [0.1, 0.15) is 17.4 Å². The first-order valence-corrected chi connectivity index (χ1v) is 9.64. The van der Waals surface area contributed by atoms with Crippen LogP contribution in [0, 0.1) is 18.3 Å². The zero-order valence-corrected chi connectivity index (χ0v) is 18.5. The second-order valence-corrected chi connectivity index (χ2v) is 9.21. The van der Waals surface area contributed by atoms with Crippen LogP contribution in [-0.4, -0.2) is 41.5 Å². The number of pyridine rings is 1. The van der Waals surface area contributed by atoms with Gasteiger partial charge >= 0.3 is 13.2 Å². The van der Waals surface area contributed by atoms with E-state index in [0.717, 1.165) is 16.6 Å². The lowest BCUT2D eigenvalue weighted by Gasteiger charge is -2.32. The Kier molecular flexibility index (Phi) is 6.46. The number of rotatable bonds is 4. The predicted molar refractivity (Wildman–Crippen MR) is 112 cm³/mol. The van der Waals surface area contributed by atoms with Crippen LogP contribution in [0.3, 0.4) is 0 Å². The van der Waals surface area contributed by atoms with E-state index in [2.05, 4.69) is 16.4 Å². The van der Waals surface area contributed by atoms with Crippen LogP contribution >= 0.6 is 0 Å². The maximum Gasteiger partial charge on any atom is 0.492 e. The van der Waals surface area contributed by atoms with E-state index in [0.29, 0.717) is 5.69 Å². The number of carbonyl (C=O) groups is 1. The molecule has 1 N–H and O–H groups in total. The molecule has 1 aliphatic rings. The summed E-state index contributed by atoms with van der Waals surface area (Å²) in [6.45, 7) is 15.3. The standard InChI is InChI=1S/C21H30BN3O4/c1-14-9-15(12-24-17(14)11-23)10-16(13-25-18(26)27-19(2,3)4)22-28-20(5,6)21(7,8)29-22/h9-10,12H,13H2,1-8H3,(H,25,26). The molecule has 29 heavy (non-hydrogen) atoms. The summed E-state index contributed by atoms with van der Waals surface area (Å²) in [4.78, 5) is 16.3. The molecule has 0 bridgehead atoms. The number of hydrogen-bond donors (Lipinski definition) is 1. The molecule has 0 aromatic carbocycles. The molecule has 7 nitrogen and oxygen atoms in total. The van der Waals surface area contributed by atoms with Gasteiger partial charge in [0.05, 0.1) is 11.2 Å². The molecule has 1 saturated heterocycles. The van der Waals surface area contributed by atoms with Crippen LogP contribution in [0.4, 0.5) is 4.79 Å². The Morgan fingerprint density at radius 2 is 1.90 bits per heavy atom. The van der Waals surface area contributed by atoms with Crippen molar-refractivity contribution in [3.05, 3.63) is 34.6 Å². The van der Waals surface area contributed by atoms with E-state index in [1.54, 1.807) is 6.20 Å². The first-order chi connectivity index (χ1) is 13.2. The van der Waals surface area contributed by atoms with Crippen LogP contribution in [0.15, 0.2) is 17.7 Å². The summed E-state index contributed by atoms with van der Waals surface area (Å²) in [5.41, 5.74) is 1.05. The van der Waals surface area contributed by atoms with Crippen molar-refractivity contribution in [3.8, 4) is 6.07 Å². The largest absolute Gasteiger partial charge is 0.492 e. The fourth-order valence-electron chi connectivity index (χ4n) is 2.69. The quantitative estimate of drug-likeness (QED) is 0.774. The third-order valence-electron chi connectivity index (χ3n) is 4.95. The van der Waals surface area contributed by atoms with Gasteiger partial charge < -0.3 is 19.4 Å². The lowest BCUT2D eigenvalue weighted by molar-refractivity contribution is 0.00578. The van der Waals surface area contributed by atoms with E-state index in [4.69, 9.17) is 19.3 Å². The molecule has 1 aliphatic heterocycles. The molecule has 2 rings (SSSR count). The Hall–Kier alpha value is -2.37. The molecule has 1 amide bonds. The molecule has 8 heteroatoms. The van der Waals surface area contributed by atoms with Gasteiger partial charge in [-0.2, -0.15) is 5.26 Å². The summed E-state index contributed by atoms with van der Waals surface area (Å²) >= 11 is 0. The number of ether oxygens (including phenoxy) is 1. The SMILES string of the molecule is Cc1cc(C=C(CNC(=O)OC(C)(C)C)B2OC(C)(C)C(C)(C)O2)cnc1C#N. The number of aromatic nitrogens is 1. The molecule has 0 radical (unpaired) electrons. The van der Waals surface area contributed by atoms with Gasteiger partial charge in [-0.15, -0.1) is 0 Å². The van der Waals surface area contributed by atoms with E-state index in [9.17, 15) is 4.79 Å². The smallest absolute Gasteiger partial charge is 0.444 e. The van der Waals surface area contributed by atoms with E-state index < -0.39 is 30.0 Å². The second-order valence-electron chi connectivity index (χ2n) is 9.21.